The van der Waals surface area contributed by atoms with E-state index in [1.807, 2.05) is 33.8 Å². The number of ketones is 1. The highest BCUT2D eigenvalue weighted by atomic mass is 16.7. The summed E-state index contributed by atoms with van der Waals surface area (Å²) >= 11 is 0. The Balaban J connectivity index is 1.67. The molecule has 0 spiro atoms. The van der Waals surface area contributed by atoms with Crippen LogP contribution in [-0.2, 0) is 16.4 Å². The summed E-state index contributed by atoms with van der Waals surface area (Å²) in [5.74, 6) is -0.461. The first-order valence-corrected chi connectivity index (χ1v) is 9.67. The molecule has 8 nitrogen and oxygen atoms in total. The van der Waals surface area contributed by atoms with Crippen LogP contribution in [-0.4, -0.2) is 43.7 Å². The molecule has 0 aliphatic carbocycles. The largest absolute Gasteiger partial charge is 0.494 e. The van der Waals surface area contributed by atoms with Crippen LogP contribution in [0.5, 0.6) is 0 Å². The van der Waals surface area contributed by atoms with Crippen LogP contribution >= 0.6 is 0 Å². The molecule has 1 saturated heterocycles. The molecule has 3 aromatic rings. The zero-order chi connectivity index (χ0) is 21.7. The van der Waals surface area contributed by atoms with Crippen LogP contribution in [0.25, 0.3) is 5.69 Å². The lowest BCUT2D eigenvalue weighted by atomic mass is 9.78. The Morgan fingerprint density at radius 2 is 1.80 bits per heavy atom. The second-order valence-corrected chi connectivity index (χ2v) is 8.39. The van der Waals surface area contributed by atoms with E-state index in [1.165, 1.54) is 16.9 Å². The van der Waals surface area contributed by atoms with Gasteiger partial charge in [0.2, 0.25) is 11.2 Å². The third kappa shape index (κ3) is 3.50. The van der Waals surface area contributed by atoms with Gasteiger partial charge in [-0.2, -0.15) is 10.2 Å². The number of hydrogen-bond acceptors (Lipinski definition) is 6. The van der Waals surface area contributed by atoms with Crippen molar-refractivity contribution in [3.8, 4) is 5.69 Å². The van der Waals surface area contributed by atoms with E-state index in [9.17, 15) is 9.59 Å². The molecule has 0 unspecified atom stereocenters. The SMILES string of the molecule is Cn1cc(-n2ccc(=O)c(C(=O)c3cccc(B4OC(C)(C)C(C)(C)O4)c3)n2)cn1. The van der Waals surface area contributed by atoms with Crippen LogP contribution in [0.15, 0.2) is 53.7 Å². The van der Waals surface area contributed by atoms with Crippen molar-refractivity contribution in [3.63, 3.8) is 0 Å². The Morgan fingerprint density at radius 1 is 1.10 bits per heavy atom. The van der Waals surface area contributed by atoms with Gasteiger partial charge in [-0.3, -0.25) is 14.3 Å². The fraction of sp³-hybridized carbons (Fsp3) is 0.333. The van der Waals surface area contributed by atoms with Gasteiger partial charge < -0.3 is 9.31 Å². The van der Waals surface area contributed by atoms with Gasteiger partial charge >= 0.3 is 7.12 Å². The van der Waals surface area contributed by atoms with Crippen LogP contribution in [0.4, 0.5) is 0 Å². The molecular weight excluding hydrogens is 383 g/mol. The smallest absolute Gasteiger partial charge is 0.399 e. The molecule has 1 aromatic carbocycles. The zero-order valence-corrected chi connectivity index (χ0v) is 17.6. The van der Waals surface area contributed by atoms with Crippen LogP contribution in [0.3, 0.4) is 0 Å². The van der Waals surface area contributed by atoms with Gasteiger partial charge in [-0.15, -0.1) is 0 Å². The second kappa shape index (κ2) is 7.03. The van der Waals surface area contributed by atoms with Crippen LogP contribution in [0.1, 0.15) is 43.7 Å². The molecule has 30 heavy (non-hydrogen) atoms. The minimum atomic E-state index is -0.599. The van der Waals surface area contributed by atoms with E-state index in [1.54, 1.807) is 42.3 Å². The molecule has 154 valence electrons. The lowest BCUT2D eigenvalue weighted by molar-refractivity contribution is 0.00578. The molecule has 1 aliphatic rings. The topological polar surface area (TPSA) is 88.2 Å². The van der Waals surface area contributed by atoms with E-state index in [-0.39, 0.29) is 5.69 Å². The maximum absolute atomic E-state index is 13.1. The lowest BCUT2D eigenvalue weighted by Crippen LogP contribution is -2.41. The van der Waals surface area contributed by atoms with Crippen molar-refractivity contribution in [3.05, 3.63) is 70.4 Å². The maximum Gasteiger partial charge on any atom is 0.494 e. The van der Waals surface area contributed by atoms with Crippen molar-refractivity contribution in [1.82, 2.24) is 19.6 Å². The molecule has 0 amide bonds. The van der Waals surface area contributed by atoms with Crippen molar-refractivity contribution in [2.75, 3.05) is 0 Å². The Bertz CT molecular complexity index is 1170. The van der Waals surface area contributed by atoms with Gasteiger partial charge in [-0.05, 0) is 33.2 Å². The van der Waals surface area contributed by atoms with Crippen LogP contribution in [0.2, 0.25) is 0 Å². The van der Waals surface area contributed by atoms with Crippen molar-refractivity contribution >= 4 is 18.4 Å². The number of aromatic nitrogens is 4. The first kappa shape index (κ1) is 20.2. The van der Waals surface area contributed by atoms with Gasteiger partial charge in [0.05, 0.1) is 23.6 Å². The summed E-state index contributed by atoms with van der Waals surface area (Å²) in [7, 11) is 1.18. The first-order valence-electron chi connectivity index (χ1n) is 9.67. The second-order valence-electron chi connectivity index (χ2n) is 8.39. The Kier molecular flexibility index (Phi) is 4.75. The number of carbonyl (C=O) groups excluding carboxylic acids is 1. The van der Waals surface area contributed by atoms with Crippen molar-refractivity contribution in [2.45, 2.75) is 38.9 Å². The molecule has 0 radical (unpaired) electrons. The summed E-state index contributed by atoms with van der Waals surface area (Å²) in [6.07, 6.45) is 4.85. The summed E-state index contributed by atoms with van der Waals surface area (Å²) in [4.78, 5) is 25.5. The zero-order valence-electron chi connectivity index (χ0n) is 17.6. The fourth-order valence-corrected chi connectivity index (χ4v) is 3.18. The summed E-state index contributed by atoms with van der Waals surface area (Å²) in [6, 6.07) is 8.25. The monoisotopic (exact) mass is 406 g/mol. The summed E-state index contributed by atoms with van der Waals surface area (Å²) in [6.45, 7) is 7.88. The molecule has 1 aliphatic heterocycles. The predicted octanol–water partition coefficient (Wildman–Crippen LogP) is 1.50. The standard InChI is InChI=1S/C21H23BN4O4/c1-20(2)21(3,4)30-22(29-20)15-8-6-7-14(11-15)19(28)18-17(27)9-10-26(24-18)16-12-23-25(5)13-16/h6-13H,1-5H3. The van der Waals surface area contributed by atoms with E-state index in [0.29, 0.717) is 16.7 Å². The van der Waals surface area contributed by atoms with E-state index < -0.39 is 29.5 Å². The van der Waals surface area contributed by atoms with Crippen LogP contribution in [0, 0.1) is 0 Å². The number of rotatable bonds is 4. The molecule has 0 atom stereocenters. The van der Waals surface area contributed by atoms with Crippen molar-refractivity contribution < 1.29 is 14.1 Å². The number of nitrogens with zero attached hydrogens (tertiary/aromatic N) is 4. The fourth-order valence-electron chi connectivity index (χ4n) is 3.18. The highest BCUT2D eigenvalue weighted by Gasteiger charge is 2.51. The molecule has 0 N–H and O–H groups in total. The summed E-state index contributed by atoms with van der Waals surface area (Å²) in [5.41, 5.74) is 0.122. The van der Waals surface area contributed by atoms with E-state index in [0.717, 1.165) is 0 Å². The first-order chi connectivity index (χ1) is 14.1. The maximum atomic E-state index is 13.1. The number of hydrogen-bond donors (Lipinski definition) is 0. The molecule has 0 saturated carbocycles. The molecule has 9 heteroatoms. The Morgan fingerprint density at radius 3 is 2.43 bits per heavy atom. The third-order valence-corrected chi connectivity index (χ3v) is 5.65. The van der Waals surface area contributed by atoms with E-state index in [2.05, 4.69) is 10.2 Å². The molecule has 2 aromatic heterocycles. The highest BCUT2D eigenvalue weighted by Crippen LogP contribution is 2.36. The number of benzene rings is 1. The average Bonchev–Trinajstić information content (AvgIpc) is 3.22. The normalized spacial score (nSPS) is 17.3. The van der Waals surface area contributed by atoms with Crippen molar-refractivity contribution in [1.29, 1.82) is 0 Å². The molecule has 3 heterocycles. The predicted molar refractivity (Wildman–Crippen MR) is 112 cm³/mol. The van der Waals surface area contributed by atoms with Gasteiger partial charge in [-0.1, -0.05) is 24.3 Å². The highest BCUT2D eigenvalue weighted by molar-refractivity contribution is 6.62. The Labute approximate surface area is 174 Å². The third-order valence-electron chi connectivity index (χ3n) is 5.65. The van der Waals surface area contributed by atoms with Gasteiger partial charge in [0.1, 0.15) is 5.69 Å². The van der Waals surface area contributed by atoms with E-state index >= 15 is 0 Å². The molecule has 1 fully saturated rings. The Hall–Kier alpha value is -3.04. The average molecular weight is 406 g/mol. The molecule has 0 bridgehead atoms. The van der Waals surface area contributed by atoms with Gasteiger partial charge in [0.25, 0.3) is 0 Å². The van der Waals surface area contributed by atoms with E-state index in [4.69, 9.17) is 9.31 Å². The van der Waals surface area contributed by atoms with Crippen molar-refractivity contribution in [2.24, 2.45) is 7.05 Å². The van der Waals surface area contributed by atoms with Gasteiger partial charge in [-0.25, -0.2) is 4.68 Å². The van der Waals surface area contributed by atoms with Gasteiger partial charge in [0, 0.05) is 24.9 Å². The number of carbonyl (C=O) groups is 1. The summed E-state index contributed by atoms with van der Waals surface area (Å²) < 4.78 is 15.2. The lowest BCUT2D eigenvalue weighted by Gasteiger charge is -2.32. The number of aryl methyl sites for hydroxylation is 1. The molecular formula is C21H23BN4O4. The van der Waals surface area contributed by atoms with Gasteiger partial charge in [0.15, 0.2) is 5.69 Å². The minimum absolute atomic E-state index is 0.160. The quantitative estimate of drug-likeness (QED) is 0.482. The minimum Gasteiger partial charge on any atom is -0.399 e. The summed E-state index contributed by atoms with van der Waals surface area (Å²) in [5, 5.41) is 8.34. The van der Waals surface area contributed by atoms with Crippen LogP contribution < -0.4 is 10.9 Å². The molecule has 4 rings (SSSR count).